The molecule has 0 aromatic carbocycles. The zero-order valence-corrected chi connectivity index (χ0v) is 14.4. The van der Waals surface area contributed by atoms with Gasteiger partial charge in [-0.15, -0.1) is 12.4 Å². The van der Waals surface area contributed by atoms with Crippen LogP contribution in [0.4, 0.5) is 0 Å². The van der Waals surface area contributed by atoms with Gasteiger partial charge in [0.2, 0.25) is 10.0 Å². The highest BCUT2D eigenvalue weighted by Crippen LogP contribution is 2.30. The maximum absolute atomic E-state index is 12.5. The summed E-state index contributed by atoms with van der Waals surface area (Å²) < 4.78 is 37.3. The zero-order chi connectivity index (χ0) is 15.8. The van der Waals surface area contributed by atoms with Crippen molar-refractivity contribution in [1.82, 2.24) is 4.72 Å². The topological polar surface area (TPSA) is 112 Å². The van der Waals surface area contributed by atoms with Gasteiger partial charge in [-0.05, 0) is 33.1 Å². The summed E-state index contributed by atoms with van der Waals surface area (Å²) >= 11 is 0. The van der Waals surface area contributed by atoms with E-state index in [4.69, 9.17) is 10.2 Å². The number of carbonyl (C=O) groups is 1. The van der Waals surface area contributed by atoms with E-state index in [1.165, 1.54) is 21.0 Å². The maximum atomic E-state index is 12.5. The second kappa shape index (κ2) is 6.57. The van der Waals surface area contributed by atoms with Gasteiger partial charge in [-0.3, -0.25) is 0 Å². The van der Waals surface area contributed by atoms with Crippen molar-refractivity contribution < 1.29 is 22.4 Å². The van der Waals surface area contributed by atoms with E-state index in [1.807, 2.05) is 0 Å². The van der Waals surface area contributed by atoms with Crippen molar-refractivity contribution in [1.29, 1.82) is 0 Å². The normalized spacial score (nSPS) is 16.5. The Bertz CT molecular complexity index is 664. The van der Waals surface area contributed by atoms with Gasteiger partial charge in [-0.2, -0.15) is 0 Å². The van der Waals surface area contributed by atoms with E-state index < -0.39 is 21.5 Å². The summed E-state index contributed by atoms with van der Waals surface area (Å²) in [6, 6.07) is 0. The minimum absolute atomic E-state index is 0. The molecule has 0 spiro atoms. The number of sulfonamides is 1. The molecule has 1 aromatic heterocycles. The Kier molecular flexibility index (Phi) is 5.66. The average Bonchev–Trinajstić information content (AvgIpc) is 2.68. The molecule has 1 aliphatic rings. The molecular weight excluding hydrogens is 332 g/mol. The van der Waals surface area contributed by atoms with E-state index in [-0.39, 0.29) is 40.9 Å². The third kappa shape index (κ3) is 3.45. The van der Waals surface area contributed by atoms with Crippen LogP contribution in [0, 0.1) is 13.8 Å². The fourth-order valence-electron chi connectivity index (χ4n) is 2.44. The van der Waals surface area contributed by atoms with Crippen molar-refractivity contribution in [2.24, 2.45) is 5.73 Å². The standard InChI is InChI=1S/C13H20N2O5S.ClH/c1-8-10(12(16)19-3)11(9(2)20-8)21(17,18)15-7-13(14)5-4-6-13;/h15H,4-7,14H2,1-3H3;1H. The lowest BCUT2D eigenvalue weighted by molar-refractivity contribution is 0.0595. The summed E-state index contributed by atoms with van der Waals surface area (Å²) in [7, 11) is -2.70. The number of furan rings is 1. The molecule has 1 heterocycles. The molecule has 0 aliphatic heterocycles. The van der Waals surface area contributed by atoms with E-state index in [0.29, 0.717) is 0 Å². The van der Waals surface area contributed by atoms with E-state index in [9.17, 15) is 13.2 Å². The van der Waals surface area contributed by atoms with Crippen LogP contribution >= 0.6 is 12.4 Å². The van der Waals surface area contributed by atoms with Gasteiger partial charge < -0.3 is 14.9 Å². The number of aryl methyl sites for hydroxylation is 2. The summed E-state index contributed by atoms with van der Waals surface area (Å²) in [5, 5.41) is 0. The predicted molar refractivity (Wildman–Crippen MR) is 82.7 cm³/mol. The Morgan fingerprint density at radius 3 is 2.41 bits per heavy atom. The molecular formula is C13H21ClN2O5S. The van der Waals surface area contributed by atoms with Crippen molar-refractivity contribution in [3.05, 3.63) is 17.1 Å². The third-order valence-corrected chi connectivity index (χ3v) is 5.38. The van der Waals surface area contributed by atoms with Gasteiger partial charge in [0.05, 0.1) is 7.11 Å². The van der Waals surface area contributed by atoms with Gasteiger partial charge in [0.25, 0.3) is 0 Å². The molecule has 22 heavy (non-hydrogen) atoms. The highest BCUT2D eigenvalue weighted by molar-refractivity contribution is 7.89. The largest absolute Gasteiger partial charge is 0.465 e. The van der Waals surface area contributed by atoms with Crippen molar-refractivity contribution >= 4 is 28.4 Å². The number of hydrogen-bond acceptors (Lipinski definition) is 6. The van der Waals surface area contributed by atoms with Gasteiger partial charge >= 0.3 is 5.97 Å². The van der Waals surface area contributed by atoms with E-state index in [0.717, 1.165) is 19.3 Å². The first-order valence-corrected chi connectivity index (χ1v) is 8.15. The van der Waals surface area contributed by atoms with Gasteiger partial charge in [0.15, 0.2) is 0 Å². The number of rotatable bonds is 5. The number of nitrogens with one attached hydrogen (secondary N) is 1. The highest BCUT2D eigenvalue weighted by Gasteiger charge is 2.36. The van der Waals surface area contributed by atoms with Crippen LogP contribution in [0.1, 0.15) is 41.1 Å². The molecule has 7 nitrogen and oxygen atoms in total. The van der Waals surface area contributed by atoms with Crippen LogP contribution in [-0.4, -0.2) is 33.6 Å². The first-order valence-electron chi connectivity index (χ1n) is 6.67. The lowest BCUT2D eigenvalue weighted by Crippen LogP contribution is -2.54. The van der Waals surface area contributed by atoms with E-state index in [1.54, 1.807) is 0 Å². The number of nitrogens with two attached hydrogens (primary N) is 1. The second-order valence-electron chi connectivity index (χ2n) is 5.45. The molecule has 1 aromatic rings. The number of esters is 1. The molecule has 3 N–H and O–H groups in total. The molecule has 0 amide bonds. The fourth-order valence-corrected chi connectivity index (χ4v) is 3.98. The molecule has 1 fully saturated rings. The molecule has 0 atom stereocenters. The van der Waals surface area contributed by atoms with Crippen LogP contribution in [0.15, 0.2) is 9.31 Å². The lowest BCUT2D eigenvalue weighted by atomic mass is 9.78. The van der Waals surface area contributed by atoms with Gasteiger partial charge in [0.1, 0.15) is 22.0 Å². The van der Waals surface area contributed by atoms with Gasteiger partial charge in [0, 0.05) is 12.1 Å². The summed E-state index contributed by atoms with van der Waals surface area (Å²) in [6.07, 6.45) is 2.56. The second-order valence-corrected chi connectivity index (χ2v) is 7.15. The van der Waals surface area contributed by atoms with Gasteiger partial charge in [-0.1, -0.05) is 0 Å². The van der Waals surface area contributed by atoms with Gasteiger partial charge in [-0.25, -0.2) is 17.9 Å². The fraction of sp³-hybridized carbons (Fsp3) is 0.615. The predicted octanol–water partition coefficient (Wildman–Crippen LogP) is 1.26. The van der Waals surface area contributed by atoms with Crippen molar-refractivity contribution in [3.63, 3.8) is 0 Å². The molecule has 0 radical (unpaired) electrons. The summed E-state index contributed by atoms with van der Waals surface area (Å²) in [5.74, 6) is -0.373. The number of carbonyl (C=O) groups excluding carboxylic acids is 1. The molecule has 2 rings (SSSR count). The number of hydrogen-bond donors (Lipinski definition) is 2. The quantitative estimate of drug-likeness (QED) is 0.772. The number of methoxy groups -OCH3 is 1. The van der Waals surface area contributed by atoms with Crippen LogP contribution in [0.2, 0.25) is 0 Å². The summed E-state index contributed by atoms with van der Waals surface area (Å²) in [4.78, 5) is 11.6. The lowest BCUT2D eigenvalue weighted by Gasteiger charge is -2.37. The molecule has 0 bridgehead atoms. The minimum Gasteiger partial charge on any atom is -0.465 e. The SMILES string of the molecule is COC(=O)c1c(C)oc(C)c1S(=O)(=O)NCC1(N)CCC1.Cl. The van der Waals surface area contributed by atoms with Crippen molar-refractivity contribution in [3.8, 4) is 0 Å². The smallest absolute Gasteiger partial charge is 0.342 e. The van der Waals surface area contributed by atoms with Crippen molar-refractivity contribution in [2.75, 3.05) is 13.7 Å². The molecule has 1 saturated carbocycles. The van der Waals surface area contributed by atoms with E-state index in [2.05, 4.69) is 9.46 Å². The van der Waals surface area contributed by atoms with Crippen LogP contribution in [0.5, 0.6) is 0 Å². The summed E-state index contributed by atoms with van der Waals surface area (Å²) in [5.41, 5.74) is 5.45. The first kappa shape index (κ1) is 19.0. The van der Waals surface area contributed by atoms with Crippen LogP contribution < -0.4 is 10.5 Å². The molecule has 0 saturated heterocycles. The number of halogens is 1. The van der Waals surface area contributed by atoms with Crippen LogP contribution in [-0.2, 0) is 14.8 Å². The Morgan fingerprint density at radius 1 is 1.36 bits per heavy atom. The Labute approximate surface area is 136 Å². The Hall–Kier alpha value is -1.09. The molecule has 0 unspecified atom stereocenters. The third-order valence-electron chi connectivity index (χ3n) is 3.83. The Morgan fingerprint density at radius 2 is 1.95 bits per heavy atom. The van der Waals surface area contributed by atoms with E-state index >= 15 is 0 Å². The molecule has 9 heteroatoms. The monoisotopic (exact) mass is 352 g/mol. The summed E-state index contributed by atoms with van der Waals surface area (Å²) in [6.45, 7) is 3.16. The zero-order valence-electron chi connectivity index (χ0n) is 12.8. The molecule has 126 valence electrons. The maximum Gasteiger partial charge on any atom is 0.342 e. The minimum atomic E-state index is -3.89. The van der Waals surface area contributed by atoms with Crippen LogP contribution in [0.3, 0.4) is 0 Å². The number of ether oxygens (including phenoxy) is 1. The van der Waals surface area contributed by atoms with Crippen molar-refractivity contribution in [2.45, 2.75) is 43.5 Å². The Balaban J connectivity index is 0.00000242. The highest BCUT2D eigenvalue weighted by atomic mass is 35.5. The first-order chi connectivity index (χ1) is 9.70. The molecule has 1 aliphatic carbocycles. The average molecular weight is 353 g/mol. The van der Waals surface area contributed by atoms with Crippen LogP contribution in [0.25, 0.3) is 0 Å².